The van der Waals surface area contributed by atoms with Crippen molar-refractivity contribution in [2.24, 2.45) is 0 Å². The predicted octanol–water partition coefficient (Wildman–Crippen LogP) is 3.72. The lowest BCUT2D eigenvalue weighted by atomic mass is 9.99. The molecule has 3 N–H and O–H groups in total. The molecule has 1 amide bonds. The van der Waals surface area contributed by atoms with Gasteiger partial charge in [0.05, 0.1) is 35.5 Å². The van der Waals surface area contributed by atoms with Crippen LogP contribution >= 0.6 is 11.6 Å². The van der Waals surface area contributed by atoms with Gasteiger partial charge in [0.25, 0.3) is 5.91 Å². The summed E-state index contributed by atoms with van der Waals surface area (Å²) >= 11 is 6.20. The Bertz CT molecular complexity index is 1730. The maximum absolute atomic E-state index is 15.1. The summed E-state index contributed by atoms with van der Waals surface area (Å²) in [6, 6.07) is 12.8. The molecular weight excluding hydrogens is 563 g/mol. The second-order valence-corrected chi connectivity index (χ2v) is 10.6. The highest BCUT2D eigenvalue weighted by Crippen LogP contribution is 2.35. The SMILES string of the molecule is CN1C[C@@H](NC(=O)c2cc(Cl)ccc2OCCO)C[C@@H](n2c(-c3ccccc3F)nc3cnc(-c4ncn[nH]4)cc32)C1. The third-order valence-electron chi connectivity index (χ3n) is 7.19. The molecule has 0 spiro atoms. The lowest BCUT2D eigenvalue weighted by Crippen LogP contribution is -2.50. The van der Waals surface area contributed by atoms with Crippen molar-refractivity contribution in [3.05, 3.63) is 77.5 Å². The number of aliphatic hydroxyl groups is 1. The molecule has 0 bridgehead atoms. The second kappa shape index (κ2) is 11.8. The Balaban J connectivity index is 1.37. The van der Waals surface area contributed by atoms with Crippen LogP contribution in [-0.4, -0.2) is 85.0 Å². The molecule has 1 aliphatic heterocycles. The molecule has 1 saturated heterocycles. The monoisotopic (exact) mass is 590 g/mol. The van der Waals surface area contributed by atoms with Gasteiger partial charge in [0.1, 0.15) is 41.5 Å². The van der Waals surface area contributed by atoms with Crippen molar-refractivity contribution >= 4 is 28.5 Å². The summed E-state index contributed by atoms with van der Waals surface area (Å²) in [6.45, 7) is 1.10. The summed E-state index contributed by atoms with van der Waals surface area (Å²) in [7, 11) is 1.98. The van der Waals surface area contributed by atoms with E-state index in [1.807, 2.05) is 17.7 Å². The van der Waals surface area contributed by atoms with Crippen molar-refractivity contribution in [2.45, 2.75) is 18.5 Å². The fraction of sp³-hybridized carbons (Fsp3) is 0.276. The Morgan fingerprint density at radius 1 is 1.21 bits per heavy atom. The van der Waals surface area contributed by atoms with Crippen LogP contribution in [0.25, 0.3) is 33.9 Å². The van der Waals surface area contributed by atoms with Crippen LogP contribution in [0.5, 0.6) is 5.75 Å². The number of ether oxygens (including phenoxy) is 1. The number of H-pyrrole nitrogens is 1. The molecule has 3 aromatic heterocycles. The Labute approximate surface area is 245 Å². The minimum absolute atomic E-state index is 0.0492. The van der Waals surface area contributed by atoms with Crippen LogP contribution in [0.15, 0.2) is 61.1 Å². The lowest BCUT2D eigenvalue weighted by Gasteiger charge is -2.37. The summed E-state index contributed by atoms with van der Waals surface area (Å²) in [4.78, 5) is 29.1. The van der Waals surface area contributed by atoms with E-state index in [2.05, 4.69) is 30.4 Å². The zero-order chi connectivity index (χ0) is 29.2. The van der Waals surface area contributed by atoms with E-state index >= 15 is 4.39 Å². The van der Waals surface area contributed by atoms with Crippen LogP contribution in [0.3, 0.4) is 0 Å². The van der Waals surface area contributed by atoms with E-state index < -0.39 is 0 Å². The van der Waals surface area contributed by atoms with E-state index in [4.69, 9.17) is 21.3 Å². The summed E-state index contributed by atoms with van der Waals surface area (Å²) in [5.41, 5.74) is 2.59. The average Bonchev–Trinajstić information content (AvgIpc) is 3.64. The summed E-state index contributed by atoms with van der Waals surface area (Å²) < 4.78 is 22.7. The number of carbonyl (C=O) groups excluding carboxylic acids is 1. The minimum atomic E-state index is -0.386. The normalized spacial score (nSPS) is 17.4. The molecule has 5 aromatic rings. The molecule has 4 heterocycles. The number of nitrogens with zero attached hydrogens (tertiary/aromatic N) is 6. The van der Waals surface area contributed by atoms with Gasteiger partial charge in [-0.3, -0.25) is 14.9 Å². The third kappa shape index (κ3) is 5.56. The molecule has 6 rings (SSSR count). The number of benzene rings is 2. The standard InChI is InChI=1S/C29H28ClFN8O3/c1-38-14-18(35-29(41)21-10-17(30)6-7-26(21)42-9-8-40)11-19(15-38)39-25-12-23(27-33-16-34-37-27)32-13-24(25)36-28(39)20-4-2-3-5-22(20)31/h2-7,10,12-13,16,18-19,40H,8-9,11,14-15H2,1H3,(H,35,41)(H,33,34,37)/t18-,19+/m0/s1. The summed E-state index contributed by atoms with van der Waals surface area (Å²) in [6.07, 6.45) is 3.61. The van der Waals surface area contributed by atoms with Crippen molar-refractivity contribution in [2.75, 3.05) is 33.4 Å². The molecule has 0 saturated carbocycles. The quantitative estimate of drug-likeness (QED) is 0.249. The highest BCUT2D eigenvalue weighted by atomic mass is 35.5. The molecule has 13 heteroatoms. The Morgan fingerprint density at radius 2 is 2.07 bits per heavy atom. The first-order valence-electron chi connectivity index (χ1n) is 13.4. The molecule has 2 aromatic carbocycles. The second-order valence-electron chi connectivity index (χ2n) is 10.2. The molecule has 0 unspecified atom stereocenters. The van der Waals surface area contributed by atoms with E-state index in [1.54, 1.807) is 42.6 Å². The van der Waals surface area contributed by atoms with Gasteiger partial charge >= 0.3 is 0 Å². The summed E-state index contributed by atoms with van der Waals surface area (Å²) in [5, 5.41) is 19.5. The number of aromatic nitrogens is 6. The fourth-order valence-corrected chi connectivity index (χ4v) is 5.64. The molecule has 2 atom stereocenters. The molecule has 216 valence electrons. The number of likely N-dealkylation sites (N-methyl/N-ethyl adjacent to an activating group) is 1. The smallest absolute Gasteiger partial charge is 0.255 e. The van der Waals surface area contributed by atoms with Gasteiger partial charge in [-0.15, -0.1) is 0 Å². The highest BCUT2D eigenvalue weighted by molar-refractivity contribution is 6.31. The molecule has 0 radical (unpaired) electrons. The number of piperidine rings is 1. The number of nitrogens with one attached hydrogen (secondary N) is 2. The largest absolute Gasteiger partial charge is 0.490 e. The first-order valence-corrected chi connectivity index (χ1v) is 13.8. The average molecular weight is 591 g/mol. The van der Waals surface area contributed by atoms with Gasteiger partial charge in [-0.25, -0.2) is 14.4 Å². The number of aromatic amines is 1. The van der Waals surface area contributed by atoms with Crippen molar-refractivity contribution in [3.8, 4) is 28.7 Å². The number of fused-ring (bicyclic) bond motifs is 1. The molecule has 11 nitrogen and oxygen atoms in total. The number of carbonyl (C=O) groups is 1. The first kappa shape index (κ1) is 27.8. The fourth-order valence-electron chi connectivity index (χ4n) is 5.46. The Hall–Kier alpha value is -4.39. The number of hydrogen-bond acceptors (Lipinski definition) is 8. The number of hydrogen-bond donors (Lipinski definition) is 3. The van der Waals surface area contributed by atoms with Crippen molar-refractivity contribution in [1.29, 1.82) is 0 Å². The summed E-state index contributed by atoms with van der Waals surface area (Å²) in [5.74, 6) is 0.582. The number of likely N-dealkylation sites (tertiary alicyclic amines) is 1. The lowest BCUT2D eigenvalue weighted by molar-refractivity contribution is 0.0888. The molecule has 42 heavy (non-hydrogen) atoms. The number of halogens is 2. The maximum Gasteiger partial charge on any atom is 0.255 e. The van der Waals surface area contributed by atoms with Gasteiger partial charge in [0, 0.05) is 24.2 Å². The van der Waals surface area contributed by atoms with Crippen molar-refractivity contribution in [3.63, 3.8) is 0 Å². The van der Waals surface area contributed by atoms with Gasteiger partial charge in [-0.1, -0.05) is 23.7 Å². The van der Waals surface area contributed by atoms with Gasteiger partial charge < -0.3 is 24.6 Å². The zero-order valence-electron chi connectivity index (χ0n) is 22.7. The minimum Gasteiger partial charge on any atom is -0.490 e. The van der Waals surface area contributed by atoms with Gasteiger partial charge in [-0.2, -0.15) is 5.10 Å². The molecular formula is C29H28ClFN8O3. The first-order chi connectivity index (χ1) is 20.4. The van der Waals surface area contributed by atoms with Crippen LogP contribution in [0.1, 0.15) is 22.8 Å². The number of imidazole rings is 1. The van der Waals surface area contributed by atoms with Crippen molar-refractivity contribution < 1.29 is 19.0 Å². The van der Waals surface area contributed by atoms with Gasteiger partial charge in [0.2, 0.25) is 0 Å². The van der Waals surface area contributed by atoms with Crippen LogP contribution < -0.4 is 10.1 Å². The maximum atomic E-state index is 15.1. The number of amides is 1. The van der Waals surface area contributed by atoms with Gasteiger partial charge in [0.15, 0.2) is 5.82 Å². The number of rotatable bonds is 8. The van der Waals surface area contributed by atoms with Crippen molar-refractivity contribution in [1.82, 2.24) is 39.9 Å². The van der Waals surface area contributed by atoms with E-state index in [-0.39, 0.29) is 42.6 Å². The van der Waals surface area contributed by atoms with Crippen LogP contribution in [0.2, 0.25) is 5.02 Å². The van der Waals surface area contributed by atoms with Crippen LogP contribution in [0, 0.1) is 5.82 Å². The van der Waals surface area contributed by atoms with E-state index in [1.165, 1.54) is 12.4 Å². The molecule has 1 aliphatic rings. The topological polar surface area (TPSA) is 134 Å². The van der Waals surface area contributed by atoms with E-state index in [0.717, 1.165) is 5.52 Å². The molecule has 1 fully saturated rings. The molecule has 0 aliphatic carbocycles. The van der Waals surface area contributed by atoms with Crippen LogP contribution in [-0.2, 0) is 0 Å². The number of pyridine rings is 1. The van der Waals surface area contributed by atoms with E-state index in [0.29, 0.717) is 58.7 Å². The van der Waals surface area contributed by atoms with E-state index in [9.17, 15) is 9.90 Å². The predicted molar refractivity (Wildman–Crippen MR) is 155 cm³/mol. The zero-order valence-corrected chi connectivity index (χ0v) is 23.4. The third-order valence-corrected chi connectivity index (χ3v) is 7.43. The highest BCUT2D eigenvalue weighted by Gasteiger charge is 2.32. The van der Waals surface area contributed by atoms with Gasteiger partial charge in [-0.05, 0) is 49.9 Å². The Kier molecular flexibility index (Phi) is 7.83. The Morgan fingerprint density at radius 3 is 2.86 bits per heavy atom. The number of aliphatic hydroxyl groups excluding tert-OH is 1. The van der Waals surface area contributed by atoms with Crippen LogP contribution in [0.4, 0.5) is 4.39 Å².